The summed E-state index contributed by atoms with van der Waals surface area (Å²) >= 11 is 0. The number of carboxylic acids is 1. The van der Waals surface area contributed by atoms with Crippen molar-refractivity contribution < 1.29 is 19.0 Å². The lowest BCUT2D eigenvalue weighted by atomic mass is 10.1. The van der Waals surface area contributed by atoms with E-state index in [2.05, 4.69) is 4.99 Å². The molecule has 188 valence electrons. The lowest BCUT2D eigenvalue weighted by Crippen LogP contribution is -2.24. The smallest absolute Gasteiger partial charge is 0.303 e. The average molecular weight is 500 g/mol. The van der Waals surface area contributed by atoms with Gasteiger partial charge in [0.1, 0.15) is 17.4 Å². The second kappa shape index (κ2) is 11.9. The fourth-order valence-corrected chi connectivity index (χ4v) is 3.93. The van der Waals surface area contributed by atoms with Gasteiger partial charge in [-0.2, -0.15) is 0 Å². The quantitative estimate of drug-likeness (QED) is 0.124. The molecule has 0 saturated heterocycles. The lowest BCUT2D eigenvalue weighted by Gasteiger charge is -2.14. The molecule has 7 nitrogen and oxygen atoms in total. The average Bonchev–Trinajstić information content (AvgIpc) is 2.90. The Balaban J connectivity index is 1.65. The molecule has 4 rings (SSSR count). The minimum atomic E-state index is -0.875. The highest BCUT2D eigenvalue weighted by Gasteiger charge is 2.14. The van der Waals surface area contributed by atoms with Crippen molar-refractivity contribution in [2.75, 3.05) is 0 Å². The Labute approximate surface area is 213 Å². The number of fused-ring (bicyclic) bond motifs is 1. The third-order valence-corrected chi connectivity index (χ3v) is 5.75. The third kappa shape index (κ3) is 6.35. The highest BCUT2D eigenvalue weighted by Crippen LogP contribution is 2.21. The third-order valence-electron chi connectivity index (χ3n) is 5.75. The summed E-state index contributed by atoms with van der Waals surface area (Å²) in [6.07, 6.45) is 4.58. The van der Waals surface area contributed by atoms with Gasteiger partial charge in [-0.15, -0.1) is 0 Å². The molecule has 1 aromatic heterocycles. The van der Waals surface area contributed by atoms with Gasteiger partial charge in [-0.1, -0.05) is 30.3 Å². The minimum Gasteiger partial charge on any atom is -0.481 e. The van der Waals surface area contributed by atoms with Crippen LogP contribution in [0.25, 0.3) is 22.3 Å². The van der Waals surface area contributed by atoms with Crippen LogP contribution >= 0.6 is 0 Å². The van der Waals surface area contributed by atoms with Gasteiger partial charge >= 0.3 is 5.97 Å². The van der Waals surface area contributed by atoms with Crippen LogP contribution in [-0.4, -0.2) is 27.0 Å². The number of halogens is 1. The number of aliphatic carboxylic acids is 1. The number of carbonyl (C=O) groups is 1. The Hall–Kier alpha value is -4.59. The van der Waals surface area contributed by atoms with Crippen molar-refractivity contribution in [2.45, 2.75) is 32.6 Å². The van der Waals surface area contributed by atoms with Crippen molar-refractivity contribution in [3.63, 3.8) is 0 Å². The predicted molar refractivity (Wildman–Crippen MR) is 142 cm³/mol. The Bertz CT molecular complexity index is 1510. The van der Waals surface area contributed by atoms with E-state index in [4.69, 9.17) is 14.8 Å². The molecule has 0 radical (unpaired) electrons. The Morgan fingerprint density at radius 3 is 2.54 bits per heavy atom. The number of benzene rings is 3. The van der Waals surface area contributed by atoms with Crippen LogP contribution in [-0.2, 0) is 16.0 Å². The number of rotatable bonds is 10. The number of hydrogen-bond donors (Lipinski definition) is 1. The van der Waals surface area contributed by atoms with Gasteiger partial charge in [0, 0.05) is 18.4 Å². The van der Waals surface area contributed by atoms with Crippen molar-refractivity contribution in [2.24, 2.45) is 4.99 Å². The van der Waals surface area contributed by atoms with E-state index < -0.39 is 11.8 Å². The first kappa shape index (κ1) is 25.5. The molecule has 0 aliphatic carbocycles. The Morgan fingerprint density at radius 1 is 1.08 bits per heavy atom. The fraction of sp³-hybridized carbons (Fsp3) is 0.172. The second-order valence-corrected chi connectivity index (χ2v) is 8.32. The maximum atomic E-state index is 13.5. The monoisotopic (exact) mass is 499 g/mol. The van der Waals surface area contributed by atoms with Crippen LogP contribution in [0, 0.1) is 5.82 Å². The SMILES string of the molecule is C/C=C(\OC=Nc1ccc2c(=O)n(-c3ccc(F)cc3)c(CCCCC(=O)O)nc2c1)c1ccccc1. The maximum absolute atomic E-state index is 13.5. The van der Waals surface area contributed by atoms with Crippen LogP contribution in [0.4, 0.5) is 10.1 Å². The number of aromatic nitrogens is 2. The van der Waals surface area contributed by atoms with E-state index in [1.807, 2.05) is 43.3 Å². The van der Waals surface area contributed by atoms with Crippen LogP contribution < -0.4 is 5.56 Å². The molecule has 0 fully saturated rings. The number of nitrogens with zero attached hydrogens (tertiary/aromatic N) is 3. The number of ether oxygens (including phenoxy) is 1. The maximum Gasteiger partial charge on any atom is 0.303 e. The zero-order valence-electron chi connectivity index (χ0n) is 20.3. The highest BCUT2D eigenvalue weighted by molar-refractivity contribution is 5.82. The number of carboxylic acid groups (broad SMARTS) is 1. The van der Waals surface area contributed by atoms with Crippen LogP contribution in [0.15, 0.2) is 88.7 Å². The summed E-state index contributed by atoms with van der Waals surface area (Å²) in [7, 11) is 0. The van der Waals surface area contributed by atoms with Crippen molar-refractivity contribution in [3.8, 4) is 5.69 Å². The normalized spacial score (nSPS) is 11.8. The van der Waals surface area contributed by atoms with Crippen molar-refractivity contribution in [1.82, 2.24) is 9.55 Å². The van der Waals surface area contributed by atoms with E-state index in [-0.39, 0.29) is 12.0 Å². The molecule has 8 heteroatoms. The topological polar surface area (TPSA) is 93.8 Å². The molecule has 1 N–H and O–H groups in total. The summed E-state index contributed by atoms with van der Waals surface area (Å²) in [5.74, 6) is -0.159. The number of aryl methyl sites for hydroxylation is 1. The van der Waals surface area contributed by atoms with Gasteiger partial charge < -0.3 is 9.84 Å². The molecule has 3 aromatic carbocycles. The molecule has 4 aromatic rings. The first-order valence-electron chi connectivity index (χ1n) is 11.9. The summed E-state index contributed by atoms with van der Waals surface area (Å²) < 4.78 is 20.7. The van der Waals surface area contributed by atoms with Gasteiger partial charge in [0.25, 0.3) is 5.56 Å². The van der Waals surface area contributed by atoms with Crippen molar-refractivity contribution in [1.29, 1.82) is 0 Å². The number of allylic oxidation sites excluding steroid dienone is 1. The van der Waals surface area contributed by atoms with Crippen LogP contribution in [0.1, 0.15) is 37.6 Å². The highest BCUT2D eigenvalue weighted by atomic mass is 19.1. The summed E-state index contributed by atoms with van der Waals surface area (Å²) in [6.45, 7) is 1.88. The summed E-state index contributed by atoms with van der Waals surface area (Å²) in [6, 6.07) is 20.3. The number of hydrogen-bond acceptors (Lipinski definition) is 5. The molecule has 0 saturated carbocycles. The van der Waals surface area contributed by atoms with Crippen molar-refractivity contribution >= 4 is 34.7 Å². The van der Waals surface area contributed by atoms with E-state index in [0.717, 1.165) is 5.56 Å². The van der Waals surface area contributed by atoms with Gasteiger partial charge in [-0.05, 0) is 68.3 Å². The molecular weight excluding hydrogens is 473 g/mol. The minimum absolute atomic E-state index is 0.0321. The molecule has 0 spiro atoms. The number of aliphatic imine (C=N–C) groups is 1. The number of unbranched alkanes of at least 4 members (excludes halogenated alkanes) is 1. The fourth-order valence-electron chi connectivity index (χ4n) is 3.93. The van der Waals surface area contributed by atoms with Crippen molar-refractivity contribution in [3.05, 3.63) is 106 Å². The van der Waals surface area contributed by atoms with Gasteiger partial charge in [0.2, 0.25) is 0 Å². The van der Waals surface area contributed by atoms with Gasteiger partial charge in [0.05, 0.1) is 22.3 Å². The zero-order valence-corrected chi connectivity index (χ0v) is 20.3. The first-order valence-corrected chi connectivity index (χ1v) is 11.9. The molecule has 0 atom stereocenters. The van der Waals surface area contributed by atoms with Crippen LogP contribution in [0.3, 0.4) is 0 Å². The summed E-state index contributed by atoms with van der Waals surface area (Å²) in [5, 5.41) is 9.32. The van der Waals surface area contributed by atoms with E-state index in [1.165, 1.54) is 35.2 Å². The van der Waals surface area contributed by atoms with E-state index in [9.17, 15) is 14.0 Å². The summed E-state index contributed by atoms with van der Waals surface area (Å²) in [5.41, 5.74) is 2.13. The largest absolute Gasteiger partial charge is 0.481 e. The molecule has 0 amide bonds. The molecule has 0 unspecified atom stereocenters. The lowest BCUT2D eigenvalue weighted by molar-refractivity contribution is -0.137. The molecular formula is C29H26FN3O4. The van der Waals surface area contributed by atoms with E-state index >= 15 is 0 Å². The van der Waals surface area contributed by atoms with Gasteiger partial charge in [0.15, 0.2) is 6.40 Å². The van der Waals surface area contributed by atoms with Gasteiger partial charge in [-0.25, -0.2) is 14.4 Å². The standard InChI is InChI=1S/C29H26FN3O4/c1-2-26(20-8-4-3-5-9-20)37-19-31-22-14-17-24-25(18-22)32-27(10-6-7-11-28(34)35)33(29(24)36)23-15-12-21(30)13-16-23/h2-5,8-9,12-19H,6-7,10-11H2,1H3,(H,34,35)/b26-2-,31-19?. The Morgan fingerprint density at radius 2 is 1.84 bits per heavy atom. The molecule has 0 aliphatic heterocycles. The molecule has 1 heterocycles. The van der Waals surface area contributed by atoms with Crippen LogP contribution in [0.5, 0.6) is 0 Å². The molecule has 0 bridgehead atoms. The van der Waals surface area contributed by atoms with Gasteiger partial charge in [-0.3, -0.25) is 14.2 Å². The second-order valence-electron chi connectivity index (χ2n) is 8.32. The summed E-state index contributed by atoms with van der Waals surface area (Å²) in [4.78, 5) is 33.4. The van der Waals surface area contributed by atoms with Crippen LogP contribution in [0.2, 0.25) is 0 Å². The molecule has 37 heavy (non-hydrogen) atoms. The first-order chi connectivity index (χ1) is 18.0. The Kier molecular flexibility index (Phi) is 8.20. The van der Waals surface area contributed by atoms with E-state index in [0.29, 0.717) is 53.1 Å². The predicted octanol–water partition coefficient (Wildman–Crippen LogP) is 6.06. The van der Waals surface area contributed by atoms with E-state index in [1.54, 1.807) is 18.2 Å². The zero-order chi connectivity index (χ0) is 26.2. The molecule has 0 aliphatic rings.